The molecule has 4 rings (SSSR count). The van der Waals surface area contributed by atoms with Crippen molar-refractivity contribution in [2.75, 3.05) is 86.8 Å². The molecule has 0 aromatic rings. The molecule has 4 N–H and O–H groups in total. The van der Waals surface area contributed by atoms with E-state index in [2.05, 4.69) is 0 Å². The van der Waals surface area contributed by atoms with E-state index >= 15 is 0 Å². The van der Waals surface area contributed by atoms with Gasteiger partial charge < -0.3 is 68.0 Å². The van der Waals surface area contributed by atoms with Crippen LogP contribution < -0.4 is 0 Å². The molecule has 440 valence electrons. The number of rotatable bonds is 17. The summed E-state index contributed by atoms with van der Waals surface area (Å²) in [5.41, 5.74) is 1.41. The molecule has 0 radical (unpaired) electrons. The summed E-state index contributed by atoms with van der Waals surface area (Å²) in [4.78, 5) is 58.5. The van der Waals surface area contributed by atoms with Crippen LogP contribution in [-0.4, -0.2) is 190 Å². The third-order valence-electron chi connectivity index (χ3n) is 15.8. The Morgan fingerprint density at radius 2 is 1.48 bits per heavy atom. The predicted octanol–water partition coefficient (Wildman–Crippen LogP) is 6.04. The van der Waals surface area contributed by atoms with Gasteiger partial charge in [0.25, 0.3) is 11.7 Å². The first-order valence-corrected chi connectivity index (χ1v) is 28.5. The number of carbonyl (C=O) groups is 4. The van der Waals surface area contributed by atoms with Gasteiger partial charge in [-0.05, 0) is 113 Å². The van der Waals surface area contributed by atoms with Crippen LogP contribution in [0.5, 0.6) is 0 Å². The molecule has 0 unspecified atom stereocenters. The van der Waals surface area contributed by atoms with Crippen LogP contribution in [0.25, 0.3) is 0 Å². The molecule has 0 aromatic carbocycles. The Hall–Kier alpha value is -3.24. The summed E-state index contributed by atoms with van der Waals surface area (Å²) in [5.74, 6) is -6.58. The Kier molecular flexibility index (Phi) is 30.0. The minimum atomic E-state index is -2.46. The molecule has 2 bridgehead atoms. The molecule has 2 saturated heterocycles. The lowest BCUT2D eigenvalue weighted by molar-refractivity contribution is -0.266. The van der Waals surface area contributed by atoms with Gasteiger partial charge in [-0.1, -0.05) is 71.1 Å². The molecule has 3 aliphatic heterocycles. The summed E-state index contributed by atoms with van der Waals surface area (Å²) >= 11 is 0. The van der Waals surface area contributed by atoms with Crippen LogP contribution in [0.1, 0.15) is 126 Å². The fraction of sp³-hybridized carbons (Fsp3) is 0.797. The first-order chi connectivity index (χ1) is 36.9. The Balaban J connectivity index is 1.63. The number of nitrogens with zero attached hydrogens (tertiary/aromatic N) is 1. The van der Waals surface area contributed by atoms with E-state index in [4.69, 9.17) is 47.7 Å². The number of ether oxygens (including phenoxy) is 9. The molecular weight excluding hydrogens is 995 g/mol. The van der Waals surface area contributed by atoms with Crippen molar-refractivity contribution in [3.05, 3.63) is 47.6 Å². The van der Waals surface area contributed by atoms with Gasteiger partial charge in [0.1, 0.15) is 24.4 Å². The van der Waals surface area contributed by atoms with Crippen molar-refractivity contribution < 1.29 is 82.2 Å². The molecular formula is C59H97NO17. The summed E-state index contributed by atoms with van der Waals surface area (Å²) in [5, 5.41) is 41.9. The molecule has 3 heterocycles. The Morgan fingerprint density at radius 1 is 0.766 bits per heavy atom. The highest BCUT2D eigenvalue weighted by molar-refractivity contribution is 6.39. The third kappa shape index (κ3) is 21.0. The van der Waals surface area contributed by atoms with Crippen LogP contribution in [0.2, 0.25) is 0 Å². The quantitative estimate of drug-likeness (QED) is 0.0562. The lowest BCUT2D eigenvalue weighted by atomic mass is 9.79. The Labute approximate surface area is 459 Å². The molecule has 0 aromatic heterocycles. The number of cyclic esters (lactones) is 1. The van der Waals surface area contributed by atoms with E-state index in [0.29, 0.717) is 63.7 Å². The number of amides is 1. The molecule has 3 fully saturated rings. The van der Waals surface area contributed by atoms with E-state index in [0.717, 1.165) is 24.8 Å². The van der Waals surface area contributed by atoms with Gasteiger partial charge in [-0.25, -0.2) is 4.79 Å². The fourth-order valence-corrected chi connectivity index (χ4v) is 11.2. The van der Waals surface area contributed by atoms with E-state index in [1.165, 1.54) is 12.0 Å². The second kappa shape index (κ2) is 34.8. The number of allylic oxidation sites excluding steroid dienone is 5. The second-order valence-electron chi connectivity index (χ2n) is 22.1. The smallest absolute Gasteiger partial charge is 0.329 e. The molecule has 18 nitrogen and oxygen atoms in total. The topological polar surface area (TPSA) is 236 Å². The number of esters is 1. The van der Waals surface area contributed by atoms with Gasteiger partial charge in [0.05, 0.1) is 90.5 Å². The number of aliphatic hydroxyl groups excluding tert-OH is 3. The zero-order valence-corrected chi connectivity index (χ0v) is 47.9. The highest BCUT2D eigenvalue weighted by Crippen LogP contribution is 2.38. The van der Waals surface area contributed by atoms with E-state index < -0.39 is 71.8 Å². The van der Waals surface area contributed by atoms with Gasteiger partial charge in [-0.15, -0.1) is 0 Å². The van der Waals surface area contributed by atoms with Crippen LogP contribution in [0.15, 0.2) is 47.6 Å². The van der Waals surface area contributed by atoms with Gasteiger partial charge in [-0.3, -0.25) is 14.4 Å². The highest BCUT2D eigenvalue weighted by atomic mass is 16.6. The molecule has 1 aliphatic carbocycles. The van der Waals surface area contributed by atoms with E-state index in [-0.39, 0.29) is 114 Å². The van der Waals surface area contributed by atoms with Crippen molar-refractivity contribution in [3.8, 4) is 0 Å². The summed E-state index contributed by atoms with van der Waals surface area (Å²) in [6.45, 7) is 15.3. The third-order valence-corrected chi connectivity index (χ3v) is 15.8. The molecule has 77 heavy (non-hydrogen) atoms. The lowest BCUT2D eigenvalue weighted by Crippen LogP contribution is -2.61. The van der Waals surface area contributed by atoms with Gasteiger partial charge in [-0.2, -0.15) is 0 Å². The van der Waals surface area contributed by atoms with Crippen LogP contribution >= 0.6 is 0 Å². The maximum atomic E-state index is 14.5. The molecule has 4 aliphatic rings. The fourth-order valence-electron chi connectivity index (χ4n) is 11.2. The molecule has 0 spiro atoms. The summed E-state index contributed by atoms with van der Waals surface area (Å²) in [6.07, 6.45) is 13.7. The number of aliphatic hydroxyl groups is 4. The summed E-state index contributed by atoms with van der Waals surface area (Å²) in [6, 6.07) is -1.07. The minimum absolute atomic E-state index is 0.0241. The largest absolute Gasteiger partial charge is 0.460 e. The SMILES string of the molecule is CO[C@@H]1C[C@H](C[C@@H](C)[C@@H]2CCOC[C@H](C)/C=C(\C)[C@@H](O)[C@@H](OC)C(=O)[C@H](C)C[C@H](C)/C=C/C=C/C=C(\C)[C@@H](OCCOCCO)C[C@@H]3CC[C@@H](C)[C@@](O)(O3)C(=O)C(=O)N3CCCC[C@H]3C(=O)O2)CC[C@H]1OCCOCCO. The molecule has 15 atom stereocenters. The molecule has 1 saturated carbocycles. The number of methoxy groups -OCH3 is 2. The number of hydrogen-bond acceptors (Lipinski definition) is 17. The Bertz CT molecular complexity index is 1910. The van der Waals surface area contributed by atoms with Crippen molar-refractivity contribution in [3.63, 3.8) is 0 Å². The lowest BCUT2D eigenvalue weighted by Gasteiger charge is -2.43. The van der Waals surface area contributed by atoms with E-state index in [1.807, 2.05) is 71.1 Å². The van der Waals surface area contributed by atoms with Crippen LogP contribution in [-0.2, 0) is 61.8 Å². The molecule has 18 heteroatoms. The van der Waals surface area contributed by atoms with Crippen LogP contribution in [0.4, 0.5) is 0 Å². The van der Waals surface area contributed by atoms with Crippen molar-refractivity contribution in [1.82, 2.24) is 4.90 Å². The number of ketones is 2. The van der Waals surface area contributed by atoms with Gasteiger partial charge in [0.2, 0.25) is 5.79 Å². The predicted molar refractivity (Wildman–Crippen MR) is 289 cm³/mol. The second-order valence-corrected chi connectivity index (χ2v) is 22.1. The van der Waals surface area contributed by atoms with Crippen molar-refractivity contribution in [1.29, 1.82) is 0 Å². The Morgan fingerprint density at radius 3 is 2.17 bits per heavy atom. The number of hydrogen-bond donors (Lipinski definition) is 4. The van der Waals surface area contributed by atoms with Crippen molar-refractivity contribution >= 4 is 23.4 Å². The standard InChI is InChI=1S/C59H97NO17/c1-39-15-11-10-12-16-41(3)51(75-32-30-72-28-25-62)37-47-20-18-45(7)59(68,77-47)56(65)57(66)60-23-14-13-17-48(60)58(67)76-49(42(4)35-46-19-21-50(52(36-46)69-8)74-31-29-71-27-24-61)22-26-73-38-40(2)34-44(6)54(64)55(70-9)53(63)43(5)33-39/h10-12,15-16,34,39-40,42-43,45-52,54-55,61-62,64,68H,13-14,17-33,35-38H2,1-9H3/b12-10+,15-11+,41-16+,44-34+/t39-,40-,42-,43-,45-,46+,47+,48+,49+,50-,51+,52-,54-,55+,59-/m1/s1. The van der Waals surface area contributed by atoms with Gasteiger partial charge in [0, 0.05) is 45.4 Å². The van der Waals surface area contributed by atoms with E-state index in [9.17, 15) is 34.5 Å². The number of Topliss-reactive ketones (excluding diaryl/α,β-unsaturated/α-hetero) is 2. The first kappa shape index (κ1) is 66.3. The van der Waals surface area contributed by atoms with Crippen LogP contribution in [0.3, 0.4) is 0 Å². The number of piperidine rings is 1. The average molecular weight is 1090 g/mol. The number of carbonyl (C=O) groups excluding carboxylic acids is 4. The zero-order valence-electron chi connectivity index (χ0n) is 47.9. The minimum Gasteiger partial charge on any atom is -0.460 e. The van der Waals surface area contributed by atoms with Crippen molar-refractivity contribution in [2.24, 2.45) is 35.5 Å². The average Bonchev–Trinajstić information content (AvgIpc) is 3.41. The summed E-state index contributed by atoms with van der Waals surface area (Å²) in [7, 11) is 3.11. The van der Waals surface area contributed by atoms with Gasteiger partial charge >= 0.3 is 5.97 Å². The maximum absolute atomic E-state index is 14.5. The highest BCUT2D eigenvalue weighted by Gasteiger charge is 2.53. The summed E-state index contributed by atoms with van der Waals surface area (Å²) < 4.78 is 53.8. The first-order valence-electron chi connectivity index (χ1n) is 28.5. The maximum Gasteiger partial charge on any atom is 0.329 e. The number of fused-ring (bicyclic) bond motifs is 3. The van der Waals surface area contributed by atoms with E-state index in [1.54, 1.807) is 21.0 Å². The van der Waals surface area contributed by atoms with Gasteiger partial charge in [0.15, 0.2) is 5.78 Å². The van der Waals surface area contributed by atoms with Crippen LogP contribution in [0, 0.1) is 35.5 Å². The molecule has 1 amide bonds. The zero-order chi connectivity index (χ0) is 56.5. The van der Waals surface area contributed by atoms with Crippen molar-refractivity contribution in [2.45, 2.75) is 180 Å². The monoisotopic (exact) mass is 1090 g/mol. The normalized spacial score (nSPS) is 36.3.